The lowest BCUT2D eigenvalue weighted by Gasteiger charge is -2.03. The summed E-state index contributed by atoms with van der Waals surface area (Å²) in [5.41, 5.74) is 0. The molecule has 0 amide bonds. The molecule has 328 valence electrons. The summed E-state index contributed by atoms with van der Waals surface area (Å²) in [6, 6.07) is 0. The van der Waals surface area contributed by atoms with Crippen LogP contribution in [-0.4, -0.2) is 0 Å². The van der Waals surface area contributed by atoms with Gasteiger partial charge >= 0.3 is 0 Å². The Morgan fingerprint density at radius 3 is 0.714 bits per heavy atom. The van der Waals surface area contributed by atoms with Gasteiger partial charge in [0.2, 0.25) is 0 Å². The van der Waals surface area contributed by atoms with E-state index in [0.29, 0.717) is 0 Å². The van der Waals surface area contributed by atoms with Gasteiger partial charge in [-0.1, -0.05) is 293 Å². The van der Waals surface area contributed by atoms with Crippen LogP contribution in [0.4, 0.5) is 0 Å². The van der Waals surface area contributed by atoms with E-state index >= 15 is 0 Å². The van der Waals surface area contributed by atoms with Gasteiger partial charge in [0.15, 0.2) is 0 Å². The van der Waals surface area contributed by atoms with Crippen molar-refractivity contribution in [1.29, 1.82) is 0 Å². The molecule has 0 aliphatic carbocycles. The van der Waals surface area contributed by atoms with Crippen molar-refractivity contribution in [3.63, 3.8) is 0 Å². The number of hydrogen-bond donors (Lipinski definition) is 0. The maximum absolute atomic E-state index is 2.29. The van der Waals surface area contributed by atoms with Crippen molar-refractivity contribution in [3.05, 3.63) is 85.1 Å². The van der Waals surface area contributed by atoms with Crippen molar-refractivity contribution >= 4 is 0 Å². The number of unbranched alkanes of at least 4 members (excludes halogenated alkanes) is 27. The van der Waals surface area contributed by atoms with Crippen LogP contribution in [0.1, 0.15) is 273 Å². The Labute approximate surface area is 356 Å². The lowest BCUT2D eigenvalue weighted by molar-refractivity contribution is 0.531. The molecule has 0 nitrogen and oxygen atoms in total. The average Bonchev–Trinajstić information content (AvgIpc) is 3.21. The standard InChI is InChI=1S/C22H34.C18H38.C16H32/c1-3-5-7-9-11-13-15-17-19-21-22-20-18-16-14-12-10-8-6-4-2;1-3-5-7-9-11-13-15-17-18-16-14-12-10-8-6-4-2;1-3-5-7-9-11-13-15-16-14-12-10-8-6-4-2/h5,7-8,10-11,13-14,16-17,19-20,22H,3-4,6,9,12,15,18,21H2,1-2H3;3-18H2,1-2H3;3,5H,4,6-16H2,1-2H3/b7-5-,10-8-,13-11-,16-14-,19-17-,22-20-;;5-3-. The molecule has 0 aliphatic rings. The zero-order valence-electron chi connectivity index (χ0n) is 39.5. The van der Waals surface area contributed by atoms with Crippen LogP contribution in [0.15, 0.2) is 85.1 Å². The summed E-state index contributed by atoms with van der Waals surface area (Å²) in [5.74, 6) is 0. The molecule has 0 bridgehead atoms. The molecule has 0 aliphatic heterocycles. The van der Waals surface area contributed by atoms with Crippen molar-refractivity contribution in [2.24, 2.45) is 0 Å². The molecular weight excluding hydrogens is 673 g/mol. The van der Waals surface area contributed by atoms with E-state index < -0.39 is 0 Å². The van der Waals surface area contributed by atoms with Crippen molar-refractivity contribution in [1.82, 2.24) is 0 Å². The van der Waals surface area contributed by atoms with Crippen LogP contribution in [0.3, 0.4) is 0 Å². The monoisotopic (exact) mass is 777 g/mol. The molecule has 0 heterocycles. The molecule has 0 aromatic rings. The minimum atomic E-state index is 1.04. The highest BCUT2D eigenvalue weighted by atomic mass is 14.0. The summed E-state index contributed by atoms with van der Waals surface area (Å²) >= 11 is 0. The molecule has 0 radical (unpaired) electrons. The van der Waals surface area contributed by atoms with E-state index in [-0.39, 0.29) is 0 Å². The molecule has 0 saturated heterocycles. The van der Waals surface area contributed by atoms with Crippen LogP contribution in [0.25, 0.3) is 0 Å². The first-order valence-electron chi connectivity index (χ1n) is 25.3. The minimum Gasteiger partial charge on any atom is -0.0917 e. The van der Waals surface area contributed by atoms with Gasteiger partial charge in [-0.25, -0.2) is 0 Å². The zero-order valence-corrected chi connectivity index (χ0v) is 39.5. The Morgan fingerprint density at radius 1 is 0.214 bits per heavy atom. The van der Waals surface area contributed by atoms with Gasteiger partial charge in [0.1, 0.15) is 0 Å². The SMILES string of the molecule is C/C=C\CCCCCCCCCCCCC.CC/C=C\C/C=C\C/C=C\C/C=C\C/C=C\C/C=C\CCC.CCCCCCCCCCCCCCCCCC. The molecule has 0 N–H and O–H groups in total. The molecule has 0 heteroatoms. The Bertz CT molecular complexity index is 829. The van der Waals surface area contributed by atoms with Gasteiger partial charge in [0.05, 0.1) is 0 Å². The third kappa shape index (κ3) is 67.0. The Hall–Kier alpha value is -1.82. The van der Waals surface area contributed by atoms with Gasteiger partial charge in [0, 0.05) is 0 Å². The Balaban J connectivity index is -0.000000763. The molecule has 56 heavy (non-hydrogen) atoms. The zero-order chi connectivity index (χ0) is 41.4. The number of allylic oxidation sites excluding steroid dienone is 14. The van der Waals surface area contributed by atoms with E-state index in [1.807, 2.05) is 0 Å². The van der Waals surface area contributed by atoms with Gasteiger partial charge in [-0.3, -0.25) is 0 Å². The first-order valence-corrected chi connectivity index (χ1v) is 25.3. The van der Waals surface area contributed by atoms with E-state index in [1.54, 1.807) is 0 Å². The highest BCUT2D eigenvalue weighted by Gasteiger charge is 1.94. The Kier molecular flexibility index (Phi) is 65.2. The minimum absolute atomic E-state index is 1.04. The summed E-state index contributed by atoms with van der Waals surface area (Å²) in [6.45, 7) is 13.4. The average molecular weight is 777 g/mol. The first kappa shape index (κ1) is 58.5. The predicted molar refractivity (Wildman–Crippen MR) is 264 cm³/mol. The van der Waals surface area contributed by atoms with Crippen LogP contribution < -0.4 is 0 Å². The van der Waals surface area contributed by atoms with Crippen molar-refractivity contribution < 1.29 is 0 Å². The normalized spacial score (nSPS) is 12.0. The van der Waals surface area contributed by atoms with E-state index in [1.165, 1.54) is 193 Å². The molecule has 0 unspecified atom stereocenters. The topological polar surface area (TPSA) is 0 Å². The fraction of sp³-hybridized carbons (Fsp3) is 0.750. The summed E-state index contributed by atoms with van der Waals surface area (Å²) in [6.07, 6.45) is 80.6. The third-order valence-electron chi connectivity index (χ3n) is 10.2. The summed E-state index contributed by atoms with van der Waals surface area (Å²) < 4.78 is 0. The molecule has 0 atom stereocenters. The summed E-state index contributed by atoms with van der Waals surface area (Å²) in [7, 11) is 0. The van der Waals surface area contributed by atoms with Gasteiger partial charge in [-0.05, 0) is 64.7 Å². The van der Waals surface area contributed by atoms with Crippen LogP contribution in [0.5, 0.6) is 0 Å². The fourth-order valence-corrected chi connectivity index (χ4v) is 6.52. The van der Waals surface area contributed by atoms with Crippen LogP contribution in [0.2, 0.25) is 0 Å². The second-order valence-electron chi connectivity index (χ2n) is 16.0. The first-order chi connectivity index (χ1) is 27.7. The molecule has 0 fully saturated rings. The van der Waals surface area contributed by atoms with Gasteiger partial charge in [-0.15, -0.1) is 0 Å². The third-order valence-corrected chi connectivity index (χ3v) is 10.2. The number of rotatable bonds is 40. The lowest BCUT2D eigenvalue weighted by Crippen LogP contribution is -1.83. The quantitative estimate of drug-likeness (QED) is 0.0429. The molecule has 0 aromatic carbocycles. The number of hydrogen-bond acceptors (Lipinski definition) is 0. The largest absolute Gasteiger partial charge is 0.0917 e. The van der Waals surface area contributed by atoms with Crippen molar-refractivity contribution in [3.8, 4) is 0 Å². The van der Waals surface area contributed by atoms with E-state index in [4.69, 9.17) is 0 Å². The second-order valence-corrected chi connectivity index (χ2v) is 16.0. The van der Waals surface area contributed by atoms with E-state index in [9.17, 15) is 0 Å². The highest BCUT2D eigenvalue weighted by Crippen LogP contribution is 2.14. The molecule has 0 rings (SSSR count). The van der Waals surface area contributed by atoms with E-state index in [0.717, 1.165) is 38.5 Å². The molecule has 0 aromatic heterocycles. The van der Waals surface area contributed by atoms with Crippen molar-refractivity contribution in [2.45, 2.75) is 273 Å². The Morgan fingerprint density at radius 2 is 0.464 bits per heavy atom. The smallest absolute Gasteiger partial charge is 0.0169 e. The van der Waals surface area contributed by atoms with Gasteiger partial charge in [-0.2, -0.15) is 0 Å². The van der Waals surface area contributed by atoms with Crippen LogP contribution in [0, 0.1) is 0 Å². The summed E-state index contributed by atoms with van der Waals surface area (Å²) in [5, 5.41) is 0. The maximum atomic E-state index is 2.29. The molecule has 0 spiro atoms. The van der Waals surface area contributed by atoms with Crippen molar-refractivity contribution in [2.75, 3.05) is 0 Å². The molecular formula is C56H104. The fourth-order valence-electron chi connectivity index (χ4n) is 6.52. The maximum Gasteiger partial charge on any atom is -0.0169 e. The molecule has 0 saturated carbocycles. The summed E-state index contributed by atoms with van der Waals surface area (Å²) in [4.78, 5) is 0. The predicted octanol–water partition coefficient (Wildman–Crippen LogP) is 21.0. The van der Waals surface area contributed by atoms with Crippen LogP contribution in [-0.2, 0) is 0 Å². The second kappa shape index (κ2) is 62.4. The lowest BCUT2D eigenvalue weighted by atomic mass is 10.0. The van der Waals surface area contributed by atoms with E-state index in [2.05, 4.69) is 127 Å². The van der Waals surface area contributed by atoms with Crippen LogP contribution >= 0.6 is 0 Å². The highest BCUT2D eigenvalue weighted by molar-refractivity contribution is 5.01. The van der Waals surface area contributed by atoms with Gasteiger partial charge < -0.3 is 0 Å². The van der Waals surface area contributed by atoms with Gasteiger partial charge in [0.25, 0.3) is 0 Å².